The van der Waals surface area contributed by atoms with E-state index in [1.54, 1.807) is 0 Å². The Hall–Kier alpha value is -1.59. The van der Waals surface area contributed by atoms with Crippen LogP contribution in [0.4, 0.5) is 5.95 Å². The van der Waals surface area contributed by atoms with E-state index in [0.717, 1.165) is 0 Å². The Bertz CT molecular complexity index is 436. The Morgan fingerprint density at radius 1 is 1.35 bits per heavy atom. The Labute approximate surface area is 100 Å². The molecule has 0 spiro atoms. The number of aromatic amines is 1. The van der Waals surface area contributed by atoms with E-state index in [2.05, 4.69) is 48.2 Å². The highest BCUT2D eigenvalue weighted by molar-refractivity contribution is 5.94. The Balaban J connectivity index is 2.04. The van der Waals surface area contributed by atoms with Crippen molar-refractivity contribution in [3.63, 3.8) is 0 Å². The maximum atomic E-state index is 12.1. The molecule has 1 aliphatic rings. The van der Waals surface area contributed by atoms with Gasteiger partial charge in [0.25, 0.3) is 0 Å². The van der Waals surface area contributed by atoms with Gasteiger partial charge in [-0.3, -0.25) is 10.1 Å². The Morgan fingerprint density at radius 3 is 2.35 bits per heavy atom. The number of methoxy groups -OCH3 is 1. The summed E-state index contributed by atoms with van der Waals surface area (Å²) in [6, 6.07) is 0.217. The van der Waals surface area contributed by atoms with Crippen molar-refractivity contribution in [2.45, 2.75) is 27.7 Å². The molecule has 0 atom stereocenters. The van der Waals surface area contributed by atoms with Crippen molar-refractivity contribution < 1.29 is 9.53 Å². The highest BCUT2D eigenvalue weighted by Crippen LogP contribution is 2.68. The number of ether oxygens (including phenoxy) is 1. The normalized spacial score (nSPS) is 21.0. The molecular formula is C11H18N4O2. The van der Waals surface area contributed by atoms with E-state index < -0.39 is 0 Å². The first-order valence-electron chi connectivity index (χ1n) is 5.58. The standard InChI is InChI=1S/C11H18N4O2/c1-10(2)6(11(10,3)4)7(16)12-8-13-9(17-5)15-14-8/h6H,1-5H3,(H2,12,13,14,15,16). The summed E-state index contributed by atoms with van der Waals surface area (Å²) >= 11 is 0. The first kappa shape index (κ1) is 11.9. The maximum Gasteiger partial charge on any atom is 0.336 e. The summed E-state index contributed by atoms with van der Waals surface area (Å²) in [7, 11) is 1.47. The van der Waals surface area contributed by atoms with Crippen LogP contribution in [0.15, 0.2) is 0 Å². The Morgan fingerprint density at radius 2 is 1.94 bits per heavy atom. The number of carbonyl (C=O) groups excluding carboxylic acids is 1. The minimum absolute atomic E-state index is 0.00825. The lowest BCUT2D eigenvalue weighted by atomic mass is 10.0. The molecule has 6 heteroatoms. The molecule has 6 nitrogen and oxygen atoms in total. The van der Waals surface area contributed by atoms with Gasteiger partial charge in [0.15, 0.2) is 0 Å². The van der Waals surface area contributed by atoms with Crippen molar-refractivity contribution in [3.05, 3.63) is 0 Å². The van der Waals surface area contributed by atoms with Crippen LogP contribution in [0.3, 0.4) is 0 Å². The predicted octanol–water partition coefficient (Wildman–Crippen LogP) is 1.43. The molecule has 0 saturated heterocycles. The molecule has 1 aliphatic carbocycles. The molecule has 1 amide bonds. The van der Waals surface area contributed by atoms with Gasteiger partial charge in [-0.25, -0.2) is 5.10 Å². The minimum atomic E-state index is -0.0289. The number of nitrogens with one attached hydrogen (secondary N) is 2. The molecule has 2 N–H and O–H groups in total. The number of hydrogen-bond acceptors (Lipinski definition) is 4. The van der Waals surface area contributed by atoms with Gasteiger partial charge >= 0.3 is 6.01 Å². The van der Waals surface area contributed by atoms with Gasteiger partial charge in [0.05, 0.1) is 7.11 Å². The number of aromatic nitrogens is 3. The molecule has 0 unspecified atom stereocenters. The molecule has 2 rings (SSSR count). The molecule has 1 aromatic rings. The van der Waals surface area contributed by atoms with Crippen LogP contribution >= 0.6 is 0 Å². The number of anilines is 1. The zero-order valence-electron chi connectivity index (χ0n) is 10.8. The molecule has 1 fully saturated rings. The molecule has 0 aliphatic heterocycles. The lowest BCUT2D eigenvalue weighted by molar-refractivity contribution is -0.118. The molecule has 1 saturated carbocycles. The summed E-state index contributed by atoms with van der Waals surface area (Å²) in [5.74, 6) is 0.287. The van der Waals surface area contributed by atoms with Crippen LogP contribution in [-0.2, 0) is 4.79 Å². The summed E-state index contributed by atoms with van der Waals surface area (Å²) < 4.78 is 4.83. The van der Waals surface area contributed by atoms with Crippen LogP contribution in [0.25, 0.3) is 0 Å². The van der Waals surface area contributed by atoms with E-state index in [-0.39, 0.29) is 28.7 Å². The molecule has 1 heterocycles. The van der Waals surface area contributed by atoms with Gasteiger partial charge in [-0.15, -0.1) is 5.10 Å². The fourth-order valence-electron chi connectivity index (χ4n) is 2.43. The van der Waals surface area contributed by atoms with Crippen molar-refractivity contribution in [1.29, 1.82) is 0 Å². The van der Waals surface area contributed by atoms with Gasteiger partial charge in [0.1, 0.15) is 0 Å². The predicted molar refractivity (Wildman–Crippen MR) is 62.6 cm³/mol. The lowest BCUT2D eigenvalue weighted by Gasteiger charge is -2.03. The number of carbonyl (C=O) groups is 1. The van der Waals surface area contributed by atoms with Crippen molar-refractivity contribution in [3.8, 4) is 6.01 Å². The summed E-state index contributed by atoms with van der Waals surface area (Å²) in [6.07, 6.45) is 0. The average Bonchev–Trinajstić information content (AvgIpc) is 2.57. The molecule has 17 heavy (non-hydrogen) atoms. The maximum absolute atomic E-state index is 12.1. The van der Waals surface area contributed by atoms with Crippen LogP contribution in [0.1, 0.15) is 27.7 Å². The molecular weight excluding hydrogens is 220 g/mol. The molecule has 0 aromatic carbocycles. The van der Waals surface area contributed by atoms with Crippen molar-refractivity contribution in [2.24, 2.45) is 16.7 Å². The van der Waals surface area contributed by atoms with Gasteiger partial charge in [0, 0.05) is 5.92 Å². The number of amides is 1. The van der Waals surface area contributed by atoms with E-state index in [1.165, 1.54) is 7.11 Å². The SMILES string of the molecule is COc1n[nH]c(NC(=O)C2C(C)(C)C2(C)C)n1. The van der Waals surface area contributed by atoms with Crippen LogP contribution in [-0.4, -0.2) is 28.2 Å². The van der Waals surface area contributed by atoms with Gasteiger partial charge < -0.3 is 4.74 Å². The van der Waals surface area contributed by atoms with Crippen LogP contribution in [0.5, 0.6) is 6.01 Å². The molecule has 94 valence electrons. The quantitative estimate of drug-likeness (QED) is 0.835. The zero-order valence-corrected chi connectivity index (χ0v) is 10.8. The fourth-order valence-corrected chi connectivity index (χ4v) is 2.43. The fraction of sp³-hybridized carbons (Fsp3) is 0.727. The van der Waals surface area contributed by atoms with Crippen LogP contribution in [0.2, 0.25) is 0 Å². The lowest BCUT2D eigenvalue weighted by Crippen LogP contribution is -2.18. The van der Waals surface area contributed by atoms with Gasteiger partial charge in [0.2, 0.25) is 11.9 Å². The van der Waals surface area contributed by atoms with Gasteiger partial charge in [-0.2, -0.15) is 4.98 Å². The van der Waals surface area contributed by atoms with Gasteiger partial charge in [-0.1, -0.05) is 27.7 Å². The number of hydrogen-bond donors (Lipinski definition) is 2. The minimum Gasteiger partial charge on any atom is -0.466 e. The zero-order chi connectivity index (χ0) is 12.8. The first-order valence-corrected chi connectivity index (χ1v) is 5.58. The topological polar surface area (TPSA) is 79.9 Å². The van der Waals surface area contributed by atoms with Crippen LogP contribution < -0.4 is 10.1 Å². The summed E-state index contributed by atoms with van der Waals surface area (Å²) in [4.78, 5) is 16.0. The largest absolute Gasteiger partial charge is 0.466 e. The Kier molecular flexibility index (Phi) is 2.41. The third kappa shape index (κ3) is 1.67. The molecule has 1 aromatic heterocycles. The second-order valence-corrected chi connectivity index (χ2v) is 5.54. The van der Waals surface area contributed by atoms with Gasteiger partial charge in [-0.05, 0) is 10.8 Å². The average molecular weight is 238 g/mol. The summed E-state index contributed by atoms with van der Waals surface area (Å²) in [5.41, 5.74) is 0.0301. The monoisotopic (exact) mass is 238 g/mol. The van der Waals surface area contributed by atoms with Crippen molar-refractivity contribution in [1.82, 2.24) is 15.2 Å². The number of nitrogens with zero attached hydrogens (tertiary/aromatic N) is 2. The summed E-state index contributed by atoms with van der Waals surface area (Å²) in [5, 5.41) is 9.10. The van der Waals surface area contributed by atoms with E-state index >= 15 is 0 Å². The third-order valence-electron chi connectivity index (χ3n) is 4.17. The second kappa shape index (κ2) is 3.45. The van der Waals surface area contributed by atoms with Crippen molar-refractivity contribution in [2.75, 3.05) is 12.4 Å². The summed E-state index contributed by atoms with van der Waals surface area (Å²) in [6.45, 7) is 8.38. The highest BCUT2D eigenvalue weighted by Gasteiger charge is 2.68. The number of rotatable bonds is 3. The molecule has 0 bridgehead atoms. The number of H-pyrrole nitrogens is 1. The highest BCUT2D eigenvalue weighted by atomic mass is 16.5. The van der Waals surface area contributed by atoms with E-state index in [1.807, 2.05) is 0 Å². The molecule has 0 radical (unpaired) electrons. The smallest absolute Gasteiger partial charge is 0.336 e. The van der Waals surface area contributed by atoms with E-state index in [9.17, 15) is 4.79 Å². The van der Waals surface area contributed by atoms with Crippen LogP contribution in [0, 0.1) is 16.7 Å². The van der Waals surface area contributed by atoms with E-state index in [4.69, 9.17) is 4.74 Å². The van der Waals surface area contributed by atoms with Crippen molar-refractivity contribution >= 4 is 11.9 Å². The van der Waals surface area contributed by atoms with E-state index in [0.29, 0.717) is 5.95 Å². The third-order valence-corrected chi connectivity index (χ3v) is 4.17. The first-order chi connectivity index (χ1) is 7.80. The second-order valence-electron chi connectivity index (χ2n) is 5.54.